The topological polar surface area (TPSA) is 131 Å². The molecule has 0 aliphatic heterocycles. The molecule has 0 spiro atoms. The number of unbranched alkanes of at least 4 members (excludes halogenated alkanes) is 2. The van der Waals surface area contributed by atoms with Crippen LogP contribution in [0.25, 0.3) is 0 Å². The van der Waals surface area contributed by atoms with Crippen molar-refractivity contribution in [1.82, 2.24) is 15.5 Å². The number of hydrogen-bond acceptors (Lipinski definition) is 5. The Morgan fingerprint density at radius 3 is 2.16 bits per heavy atom. The monoisotopic (exact) mass is 518 g/mol. The third kappa shape index (κ3) is 11.7. The normalized spacial score (nSPS) is 13.3. The van der Waals surface area contributed by atoms with E-state index >= 15 is 0 Å². The fourth-order valence-electron chi connectivity index (χ4n) is 3.87. The number of hydrogen-bond donors (Lipinski definition) is 3. The van der Waals surface area contributed by atoms with Gasteiger partial charge in [-0.25, -0.2) is 4.79 Å². The second-order valence-corrected chi connectivity index (χ2v) is 11.4. The lowest BCUT2D eigenvalue weighted by molar-refractivity contribution is -0.143. The molecule has 1 aromatic rings. The third-order valence-electron chi connectivity index (χ3n) is 5.50. The van der Waals surface area contributed by atoms with Gasteiger partial charge in [0.1, 0.15) is 17.7 Å². The average Bonchev–Trinajstić information content (AvgIpc) is 2.74. The van der Waals surface area contributed by atoms with E-state index in [1.165, 1.54) is 4.90 Å². The zero-order chi connectivity index (χ0) is 28.4. The minimum atomic E-state index is -1.10. The first kappa shape index (κ1) is 31.9. The first-order valence-electron chi connectivity index (χ1n) is 13.0. The van der Waals surface area contributed by atoms with Crippen LogP contribution in [0.1, 0.15) is 97.7 Å². The number of primary amides is 1. The maximum absolute atomic E-state index is 14.1. The lowest BCUT2D eigenvalue weighted by Gasteiger charge is -2.36. The van der Waals surface area contributed by atoms with Crippen LogP contribution >= 0.6 is 0 Å². The van der Waals surface area contributed by atoms with Crippen molar-refractivity contribution < 1.29 is 23.9 Å². The van der Waals surface area contributed by atoms with E-state index in [1.807, 2.05) is 52.0 Å². The number of carbonyl (C=O) groups is 4. The molecule has 9 nitrogen and oxygen atoms in total. The Labute approximate surface area is 221 Å². The molecule has 9 heteroatoms. The fourth-order valence-corrected chi connectivity index (χ4v) is 3.87. The lowest BCUT2D eigenvalue weighted by atomic mass is 9.96. The van der Waals surface area contributed by atoms with E-state index < -0.39 is 41.1 Å². The highest BCUT2D eigenvalue weighted by Gasteiger charge is 2.37. The molecule has 37 heavy (non-hydrogen) atoms. The van der Waals surface area contributed by atoms with Crippen LogP contribution in [0.5, 0.6) is 0 Å². The Morgan fingerprint density at radius 1 is 1.03 bits per heavy atom. The second-order valence-electron chi connectivity index (χ2n) is 11.4. The molecule has 4 amide bonds. The van der Waals surface area contributed by atoms with E-state index in [-0.39, 0.29) is 18.7 Å². The second kappa shape index (κ2) is 14.0. The Balaban J connectivity index is 3.55. The summed E-state index contributed by atoms with van der Waals surface area (Å²) in [5.74, 6) is -1.39. The zero-order valence-electron chi connectivity index (χ0n) is 23.8. The molecule has 0 saturated carbocycles. The summed E-state index contributed by atoms with van der Waals surface area (Å²) >= 11 is 0. The molecule has 2 atom stereocenters. The van der Waals surface area contributed by atoms with Crippen molar-refractivity contribution in [3.8, 4) is 0 Å². The van der Waals surface area contributed by atoms with Gasteiger partial charge in [0.2, 0.25) is 17.7 Å². The molecule has 4 N–H and O–H groups in total. The Hall–Kier alpha value is -3.10. The van der Waals surface area contributed by atoms with E-state index in [0.29, 0.717) is 18.5 Å². The van der Waals surface area contributed by atoms with Gasteiger partial charge in [0.25, 0.3) is 0 Å². The minimum absolute atomic E-state index is 0.0148. The van der Waals surface area contributed by atoms with Crippen LogP contribution in [0, 0.1) is 6.92 Å². The zero-order valence-corrected chi connectivity index (χ0v) is 23.8. The van der Waals surface area contributed by atoms with Crippen LogP contribution in [0.3, 0.4) is 0 Å². The van der Waals surface area contributed by atoms with Gasteiger partial charge < -0.3 is 26.0 Å². The molecule has 0 radical (unpaired) electrons. The quantitative estimate of drug-likeness (QED) is 0.358. The van der Waals surface area contributed by atoms with Gasteiger partial charge >= 0.3 is 6.09 Å². The van der Waals surface area contributed by atoms with Crippen LogP contribution in [0.15, 0.2) is 24.3 Å². The van der Waals surface area contributed by atoms with Crippen LogP contribution in [0.4, 0.5) is 4.79 Å². The summed E-state index contributed by atoms with van der Waals surface area (Å²) in [5.41, 5.74) is 5.61. The number of nitrogens with one attached hydrogen (secondary N) is 2. The van der Waals surface area contributed by atoms with Crippen molar-refractivity contribution in [3.63, 3.8) is 0 Å². The first-order chi connectivity index (χ1) is 17.1. The van der Waals surface area contributed by atoms with Gasteiger partial charge in [-0.3, -0.25) is 14.4 Å². The maximum Gasteiger partial charge on any atom is 0.408 e. The molecular weight excluding hydrogens is 472 g/mol. The molecule has 208 valence electrons. The lowest BCUT2D eigenvalue weighted by Crippen LogP contribution is -2.55. The van der Waals surface area contributed by atoms with E-state index in [4.69, 9.17) is 10.5 Å². The molecule has 0 aromatic heterocycles. The highest BCUT2D eigenvalue weighted by Crippen LogP contribution is 2.27. The van der Waals surface area contributed by atoms with Crippen molar-refractivity contribution >= 4 is 23.8 Å². The Kier molecular flexibility index (Phi) is 12.1. The number of rotatable bonds is 12. The van der Waals surface area contributed by atoms with Crippen LogP contribution < -0.4 is 16.4 Å². The summed E-state index contributed by atoms with van der Waals surface area (Å²) in [5, 5.41) is 5.63. The van der Waals surface area contributed by atoms with E-state index in [2.05, 4.69) is 17.6 Å². The number of ether oxygens (including phenoxy) is 1. The molecular formula is C28H46N4O5. The number of benzene rings is 1. The van der Waals surface area contributed by atoms with Crippen molar-refractivity contribution in [2.75, 3.05) is 6.54 Å². The maximum atomic E-state index is 14.1. The minimum Gasteiger partial charge on any atom is -0.444 e. The summed E-state index contributed by atoms with van der Waals surface area (Å²) in [7, 11) is 0. The summed E-state index contributed by atoms with van der Waals surface area (Å²) in [4.78, 5) is 53.5. The molecule has 2 unspecified atom stereocenters. The molecule has 0 aliphatic rings. The van der Waals surface area contributed by atoms with Crippen LogP contribution in [-0.2, 0) is 19.1 Å². The summed E-state index contributed by atoms with van der Waals surface area (Å²) in [6.07, 6.45) is 1.54. The van der Waals surface area contributed by atoms with Gasteiger partial charge in [0, 0.05) is 18.5 Å². The molecule has 1 rings (SSSR count). The molecule has 0 bridgehead atoms. The summed E-state index contributed by atoms with van der Waals surface area (Å²) in [6.45, 7) is 15.0. The van der Waals surface area contributed by atoms with Crippen molar-refractivity contribution in [3.05, 3.63) is 35.4 Å². The van der Waals surface area contributed by atoms with Gasteiger partial charge in [-0.15, -0.1) is 0 Å². The number of carbonyl (C=O) groups excluding carboxylic acids is 4. The predicted octanol–water partition coefficient (Wildman–Crippen LogP) is 4.13. The largest absolute Gasteiger partial charge is 0.444 e. The van der Waals surface area contributed by atoms with Gasteiger partial charge in [-0.2, -0.15) is 0 Å². The van der Waals surface area contributed by atoms with E-state index in [9.17, 15) is 19.2 Å². The van der Waals surface area contributed by atoms with Gasteiger partial charge in [-0.05, 0) is 72.4 Å². The smallest absolute Gasteiger partial charge is 0.408 e. The van der Waals surface area contributed by atoms with Gasteiger partial charge in [0.05, 0.1) is 0 Å². The third-order valence-corrected chi connectivity index (χ3v) is 5.50. The summed E-state index contributed by atoms with van der Waals surface area (Å²) < 4.78 is 5.36. The average molecular weight is 519 g/mol. The summed E-state index contributed by atoms with van der Waals surface area (Å²) in [6, 6.07) is 5.41. The number of amides is 4. The number of alkyl carbamates (subject to hydrolysis) is 1. The molecule has 0 heterocycles. The molecule has 0 aliphatic carbocycles. The fraction of sp³-hybridized carbons (Fsp3) is 0.643. The number of nitrogens with zero attached hydrogens (tertiary/aromatic N) is 1. The highest BCUT2D eigenvalue weighted by atomic mass is 16.6. The van der Waals surface area contributed by atoms with Crippen molar-refractivity contribution in [2.45, 2.75) is 111 Å². The van der Waals surface area contributed by atoms with Crippen LogP contribution in [-0.4, -0.2) is 52.4 Å². The molecule has 0 saturated heterocycles. The van der Waals surface area contributed by atoms with E-state index in [0.717, 1.165) is 18.4 Å². The van der Waals surface area contributed by atoms with Crippen LogP contribution in [0.2, 0.25) is 0 Å². The van der Waals surface area contributed by atoms with Gasteiger partial charge in [-0.1, -0.05) is 44.0 Å². The van der Waals surface area contributed by atoms with E-state index in [1.54, 1.807) is 20.8 Å². The SMILES string of the molecule is CCCCCN(C(=O)C(CCC(N)=O)NC(=O)OC(C)(C)C)C(C(=O)NC(C)(C)C)c1ccccc1C. The Morgan fingerprint density at radius 2 is 1.65 bits per heavy atom. The first-order valence-corrected chi connectivity index (χ1v) is 13.0. The molecule has 0 fully saturated rings. The van der Waals surface area contributed by atoms with Crippen molar-refractivity contribution in [1.29, 1.82) is 0 Å². The molecule has 1 aromatic carbocycles. The number of nitrogens with two attached hydrogens (primary N) is 1. The highest BCUT2D eigenvalue weighted by molar-refractivity contribution is 5.93. The predicted molar refractivity (Wildman–Crippen MR) is 145 cm³/mol. The van der Waals surface area contributed by atoms with Crippen molar-refractivity contribution in [2.24, 2.45) is 5.73 Å². The number of aryl methyl sites for hydroxylation is 1. The standard InChI is InChI=1S/C28H46N4O5/c1-9-10-13-18-32(23(24(34)31-27(3,4)5)20-15-12-11-14-19(20)2)25(35)21(16-17-22(29)33)30-26(36)37-28(6,7)8/h11-12,14-15,21,23H,9-10,13,16-18H2,1-8H3,(H2,29,33)(H,30,36)(H,31,34). The Bertz CT molecular complexity index is 933. The van der Waals surface area contributed by atoms with Gasteiger partial charge in [0.15, 0.2) is 0 Å².